The number of esters is 1. The van der Waals surface area contributed by atoms with Gasteiger partial charge in [0.25, 0.3) is 0 Å². The van der Waals surface area contributed by atoms with Gasteiger partial charge in [-0.05, 0) is 37.1 Å². The lowest BCUT2D eigenvalue weighted by Crippen LogP contribution is -1.96. The molecule has 0 spiro atoms. The highest BCUT2D eigenvalue weighted by Gasteiger charge is 2.00. The SMILES string of the molecule is COC(=O)C#Cc1cc(C)c(N)cc1C. The van der Waals surface area contributed by atoms with Crippen molar-refractivity contribution >= 4 is 11.7 Å². The second-order valence-electron chi connectivity index (χ2n) is 3.27. The Hall–Kier alpha value is -1.95. The predicted molar refractivity (Wildman–Crippen MR) is 59.2 cm³/mol. The van der Waals surface area contributed by atoms with Gasteiger partial charge in [-0.2, -0.15) is 0 Å². The number of nitrogen functional groups attached to an aromatic ring is 1. The van der Waals surface area contributed by atoms with Crippen molar-refractivity contribution in [1.82, 2.24) is 0 Å². The number of hydrogen-bond donors (Lipinski definition) is 1. The van der Waals surface area contributed by atoms with Crippen LogP contribution in [0.4, 0.5) is 5.69 Å². The summed E-state index contributed by atoms with van der Waals surface area (Å²) < 4.78 is 4.43. The lowest BCUT2D eigenvalue weighted by molar-refractivity contribution is -0.133. The first-order valence-electron chi connectivity index (χ1n) is 4.51. The summed E-state index contributed by atoms with van der Waals surface area (Å²) in [6.07, 6.45) is 0. The van der Waals surface area contributed by atoms with Crippen molar-refractivity contribution in [1.29, 1.82) is 0 Å². The monoisotopic (exact) mass is 203 g/mol. The van der Waals surface area contributed by atoms with Gasteiger partial charge >= 0.3 is 5.97 Å². The third-order valence-electron chi connectivity index (χ3n) is 2.10. The molecule has 0 radical (unpaired) electrons. The summed E-state index contributed by atoms with van der Waals surface area (Å²) in [4.78, 5) is 10.8. The maximum atomic E-state index is 10.8. The molecule has 78 valence electrons. The van der Waals surface area contributed by atoms with Crippen LogP contribution in [0.3, 0.4) is 0 Å². The van der Waals surface area contributed by atoms with Crippen molar-refractivity contribution < 1.29 is 9.53 Å². The number of benzene rings is 1. The summed E-state index contributed by atoms with van der Waals surface area (Å²) >= 11 is 0. The molecular formula is C12H13NO2. The van der Waals surface area contributed by atoms with Crippen molar-refractivity contribution in [2.24, 2.45) is 0 Å². The van der Waals surface area contributed by atoms with Crippen molar-refractivity contribution in [2.45, 2.75) is 13.8 Å². The Morgan fingerprint density at radius 3 is 2.60 bits per heavy atom. The molecule has 0 fully saturated rings. The Kier molecular flexibility index (Phi) is 3.35. The molecule has 0 bridgehead atoms. The predicted octanol–water partition coefficient (Wildman–Crippen LogP) is 1.41. The molecule has 0 atom stereocenters. The van der Waals surface area contributed by atoms with E-state index in [1.807, 2.05) is 26.0 Å². The topological polar surface area (TPSA) is 52.3 Å². The lowest BCUT2D eigenvalue weighted by atomic mass is 10.0. The van der Waals surface area contributed by atoms with Crippen LogP contribution in [0, 0.1) is 25.7 Å². The van der Waals surface area contributed by atoms with E-state index in [0.29, 0.717) is 0 Å². The highest BCUT2D eigenvalue weighted by atomic mass is 16.5. The van der Waals surface area contributed by atoms with Gasteiger partial charge in [-0.15, -0.1) is 0 Å². The van der Waals surface area contributed by atoms with E-state index >= 15 is 0 Å². The number of anilines is 1. The molecule has 0 heterocycles. The number of aryl methyl sites for hydroxylation is 2. The number of nitrogens with two attached hydrogens (primary N) is 1. The number of carbonyl (C=O) groups excluding carboxylic acids is 1. The highest BCUT2D eigenvalue weighted by molar-refractivity contribution is 5.89. The zero-order valence-electron chi connectivity index (χ0n) is 9.05. The molecule has 0 amide bonds. The van der Waals surface area contributed by atoms with Crippen LogP contribution in [0.15, 0.2) is 12.1 Å². The Balaban J connectivity index is 3.09. The largest absolute Gasteiger partial charge is 0.459 e. The zero-order valence-corrected chi connectivity index (χ0v) is 9.05. The van der Waals surface area contributed by atoms with E-state index < -0.39 is 5.97 Å². The number of hydrogen-bond acceptors (Lipinski definition) is 3. The average molecular weight is 203 g/mol. The van der Waals surface area contributed by atoms with Gasteiger partial charge in [0.1, 0.15) is 0 Å². The third kappa shape index (κ3) is 2.75. The van der Waals surface area contributed by atoms with E-state index in [0.717, 1.165) is 22.4 Å². The van der Waals surface area contributed by atoms with Crippen molar-refractivity contribution in [3.05, 3.63) is 28.8 Å². The van der Waals surface area contributed by atoms with E-state index in [4.69, 9.17) is 5.73 Å². The Morgan fingerprint density at radius 1 is 1.33 bits per heavy atom. The Morgan fingerprint density at radius 2 is 2.00 bits per heavy atom. The van der Waals surface area contributed by atoms with Gasteiger partial charge in [0.2, 0.25) is 0 Å². The van der Waals surface area contributed by atoms with E-state index in [9.17, 15) is 4.79 Å². The van der Waals surface area contributed by atoms with Gasteiger partial charge in [-0.3, -0.25) is 0 Å². The molecule has 3 heteroatoms. The molecule has 0 unspecified atom stereocenters. The first-order chi connectivity index (χ1) is 7.04. The van der Waals surface area contributed by atoms with E-state index in [1.54, 1.807) is 0 Å². The number of rotatable bonds is 0. The first kappa shape index (κ1) is 11.1. The normalized spacial score (nSPS) is 9.00. The van der Waals surface area contributed by atoms with Crippen LogP contribution >= 0.6 is 0 Å². The fraction of sp³-hybridized carbons (Fsp3) is 0.250. The third-order valence-corrected chi connectivity index (χ3v) is 2.10. The second-order valence-corrected chi connectivity index (χ2v) is 3.27. The molecule has 2 N–H and O–H groups in total. The van der Waals surface area contributed by atoms with Crippen LogP contribution in [-0.2, 0) is 9.53 Å². The van der Waals surface area contributed by atoms with Gasteiger partial charge in [0, 0.05) is 17.2 Å². The molecule has 0 aromatic heterocycles. The van der Waals surface area contributed by atoms with Gasteiger partial charge in [-0.1, -0.05) is 5.92 Å². The molecule has 15 heavy (non-hydrogen) atoms. The van der Waals surface area contributed by atoms with E-state index in [-0.39, 0.29) is 0 Å². The highest BCUT2D eigenvalue weighted by Crippen LogP contribution is 2.16. The molecule has 0 saturated carbocycles. The minimum Gasteiger partial charge on any atom is -0.459 e. The maximum absolute atomic E-state index is 10.8. The number of methoxy groups -OCH3 is 1. The summed E-state index contributed by atoms with van der Waals surface area (Å²) in [5.41, 5.74) is 9.17. The molecule has 1 rings (SSSR count). The molecule has 0 aliphatic rings. The van der Waals surface area contributed by atoms with Crippen LogP contribution in [0.25, 0.3) is 0 Å². The lowest BCUT2D eigenvalue weighted by Gasteiger charge is -2.03. The van der Waals surface area contributed by atoms with Gasteiger partial charge in [-0.25, -0.2) is 4.79 Å². The Bertz CT molecular complexity index is 453. The molecule has 0 saturated heterocycles. The first-order valence-corrected chi connectivity index (χ1v) is 4.51. The molecular weight excluding hydrogens is 190 g/mol. The van der Waals surface area contributed by atoms with Crippen molar-refractivity contribution in [3.8, 4) is 11.8 Å². The zero-order chi connectivity index (χ0) is 11.4. The summed E-state index contributed by atoms with van der Waals surface area (Å²) in [5, 5.41) is 0. The van der Waals surface area contributed by atoms with Crippen LogP contribution < -0.4 is 5.73 Å². The van der Waals surface area contributed by atoms with Crippen LogP contribution in [0.1, 0.15) is 16.7 Å². The van der Waals surface area contributed by atoms with Gasteiger partial charge in [0.05, 0.1) is 7.11 Å². The van der Waals surface area contributed by atoms with Crippen molar-refractivity contribution in [3.63, 3.8) is 0 Å². The van der Waals surface area contributed by atoms with E-state index in [2.05, 4.69) is 16.6 Å². The summed E-state index contributed by atoms with van der Waals surface area (Å²) in [6.45, 7) is 3.80. The fourth-order valence-corrected chi connectivity index (χ4v) is 1.14. The maximum Gasteiger partial charge on any atom is 0.384 e. The van der Waals surface area contributed by atoms with Crippen LogP contribution in [0.2, 0.25) is 0 Å². The standard InChI is InChI=1S/C12H13NO2/c1-8-7-11(13)9(2)6-10(8)4-5-12(14)15-3/h6-7H,13H2,1-3H3. The number of carbonyl (C=O) groups is 1. The molecule has 1 aromatic rings. The van der Waals surface area contributed by atoms with Crippen molar-refractivity contribution in [2.75, 3.05) is 12.8 Å². The van der Waals surface area contributed by atoms with Crippen LogP contribution in [0.5, 0.6) is 0 Å². The summed E-state index contributed by atoms with van der Waals surface area (Å²) in [6, 6.07) is 3.71. The number of ether oxygens (including phenoxy) is 1. The molecule has 0 aliphatic heterocycles. The van der Waals surface area contributed by atoms with Gasteiger partial charge in [0.15, 0.2) is 0 Å². The second kappa shape index (κ2) is 4.52. The fourth-order valence-electron chi connectivity index (χ4n) is 1.14. The molecule has 1 aromatic carbocycles. The minimum absolute atomic E-state index is 0.538. The Labute approximate surface area is 89.2 Å². The quantitative estimate of drug-likeness (QED) is 0.394. The summed E-state index contributed by atoms with van der Waals surface area (Å²) in [5.74, 6) is 4.60. The van der Waals surface area contributed by atoms with E-state index in [1.165, 1.54) is 7.11 Å². The minimum atomic E-state index is -0.538. The molecule has 3 nitrogen and oxygen atoms in total. The molecule has 0 aliphatic carbocycles. The summed E-state index contributed by atoms with van der Waals surface area (Å²) in [7, 11) is 1.30. The van der Waals surface area contributed by atoms with Crippen LogP contribution in [-0.4, -0.2) is 13.1 Å². The average Bonchev–Trinajstić information content (AvgIpc) is 2.21. The smallest absolute Gasteiger partial charge is 0.384 e. The van der Waals surface area contributed by atoms with Gasteiger partial charge < -0.3 is 10.5 Å².